The van der Waals surface area contributed by atoms with Crippen molar-refractivity contribution in [2.45, 2.75) is 5.16 Å². The van der Waals surface area contributed by atoms with Gasteiger partial charge in [-0.3, -0.25) is 0 Å². The van der Waals surface area contributed by atoms with Crippen molar-refractivity contribution in [1.29, 1.82) is 0 Å². The molecule has 0 aromatic carbocycles. The van der Waals surface area contributed by atoms with Crippen LogP contribution < -0.4 is 0 Å². The molecule has 0 saturated heterocycles. The molecule has 2 rings (SSSR count). The van der Waals surface area contributed by atoms with Crippen molar-refractivity contribution in [3.05, 3.63) is 12.5 Å². The van der Waals surface area contributed by atoms with Gasteiger partial charge >= 0.3 is 0 Å². The molecular formula is C6H6N4S3. The first-order valence-corrected chi connectivity index (χ1v) is 7.33. The van der Waals surface area contributed by atoms with Crippen molar-refractivity contribution < 1.29 is 0 Å². The summed E-state index contributed by atoms with van der Waals surface area (Å²) in [7, 11) is 4.86. The van der Waals surface area contributed by atoms with Gasteiger partial charge in [0.15, 0.2) is 5.65 Å². The SMILES string of the molecule is CSSSc1ncc2[nH]cnc2n1. The minimum Gasteiger partial charge on any atom is -0.342 e. The lowest BCUT2D eigenvalue weighted by Gasteiger charge is -1.94. The zero-order chi connectivity index (χ0) is 9.10. The fourth-order valence-electron chi connectivity index (χ4n) is 0.825. The van der Waals surface area contributed by atoms with E-state index in [1.165, 1.54) is 0 Å². The van der Waals surface area contributed by atoms with E-state index in [1.807, 2.05) is 6.26 Å². The van der Waals surface area contributed by atoms with Gasteiger partial charge in [0.2, 0.25) is 5.16 Å². The van der Waals surface area contributed by atoms with E-state index in [0.29, 0.717) is 0 Å². The Hall–Kier alpha value is -0.400. The Kier molecular flexibility index (Phi) is 2.97. The van der Waals surface area contributed by atoms with Crippen molar-refractivity contribution in [1.82, 2.24) is 19.9 Å². The monoisotopic (exact) mass is 230 g/mol. The molecule has 13 heavy (non-hydrogen) atoms. The van der Waals surface area contributed by atoms with Crippen molar-refractivity contribution >= 4 is 42.6 Å². The van der Waals surface area contributed by atoms with Crippen LogP contribution in [0.1, 0.15) is 0 Å². The maximum Gasteiger partial charge on any atom is 0.201 e. The van der Waals surface area contributed by atoms with Gasteiger partial charge in [-0.05, 0) is 26.9 Å². The van der Waals surface area contributed by atoms with E-state index in [1.54, 1.807) is 43.9 Å². The molecule has 7 heteroatoms. The molecule has 68 valence electrons. The molecule has 4 nitrogen and oxygen atoms in total. The maximum absolute atomic E-state index is 4.25. The van der Waals surface area contributed by atoms with E-state index in [2.05, 4.69) is 19.9 Å². The Balaban J connectivity index is 2.26. The van der Waals surface area contributed by atoms with Gasteiger partial charge in [-0.25, -0.2) is 9.97 Å². The summed E-state index contributed by atoms with van der Waals surface area (Å²) in [5.41, 5.74) is 1.60. The standard InChI is InChI=1S/C6H6N4S3/c1-11-13-12-6-7-2-4-5(10-6)9-3-8-4/h2-3H,1H3,(H,7,8,9,10). The third-order valence-electron chi connectivity index (χ3n) is 1.33. The van der Waals surface area contributed by atoms with E-state index in [0.717, 1.165) is 16.3 Å². The highest BCUT2D eigenvalue weighted by molar-refractivity contribution is 9.09. The Labute approximate surface area is 86.5 Å². The van der Waals surface area contributed by atoms with Crippen molar-refractivity contribution in [3.8, 4) is 0 Å². The largest absolute Gasteiger partial charge is 0.342 e. The highest BCUT2D eigenvalue weighted by atomic mass is 33.5. The van der Waals surface area contributed by atoms with Gasteiger partial charge < -0.3 is 4.98 Å². The van der Waals surface area contributed by atoms with Gasteiger partial charge in [-0.1, -0.05) is 10.8 Å². The van der Waals surface area contributed by atoms with Gasteiger partial charge in [0.25, 0.3) is 0 Å². The highest BCUT2D eigenvalue weighted by Crippen LogP contribution is 2.36. The van der Waals surface area contributed by atoms with Crippen LogP contribution in [0, 0.1) is 0 Å². The van der Waals surface area contributed by atoms with Gasteiger partial charge in [-0.2, -0.15) is 4.98 Å². The zero-order valence-corrected chi connectivity index (χ0v) is 9.17. The smallest absolute Gasteiger partial charge is 0.201 e. The number of hydrogen-bond donors (Lipinski definition) is 1. The normalized spacial score (nSPS) is 10.8. The third kappa shape index (κ3) is 2.09. The number of aromatic amines is 1. The third-order valence-corrected chi connectivity index (χ3v) is 4.78. The quantitative estimate of drug-likeness (QED) is 0.645. The molecule has 0 fully saturated rings. The number of H-pyrrole nitrogens is 1. The van der Waals surface area contributed by atoms with E-state index in [9.17, 15) is 0 Å². The second-order valence-electron chi connectivity index (χ2n) is 2.11. The minimum atomic E-state index is 0.721. The molecule has 2 heterocycles. The first-order chi connectivity index (χ1) is 6.40. The molecular weight excluding hydrogens is 224 g/mol. The summed E-state index contributed by atoms with van der Waals surface area (Å²) in [5.74, 6) is 0. The number of hydrogen-bond acceptors (Lipinski definition) is 6. The molecule has 0 amide bonds. The second-order valence-corrected chi connectivity index (χ2v) is 6.24. The molecule has 0 bridgehead atoms. The number of imidazole rings is 1. The summed E-state index contributed by atoms with van der Waals surface area (Å²) < 4.78 is 0. The Morgan fingerprint density at radius 3 is 3.15 bits per heavy atom. The molecule has 0 aliphatic heterocycles. The van der Waals surface area contributed by atoms with Crippen molar-refractivity contribution in [2.24, 2.45) is 0 Å². The molecule has 0 atom stereocenters. The average Bonchev–Trinajstić information content (AvgIpc) is 2.61. The molecule has 0 spiro atoms. The highest BCUT2D eigenvalue weighted by Gasteiger charge is 2.01. The van der Waals surface area contributed by atoms with Gasteiger partial charge in [0.1, 0.15) is 5.52 Å². The van der Waals surface area contributed by atoms with E-state index < -0.39 is 0 Å². The lowest BCUT2D eigenvalue weighted by atomic mass is 10.6. The number of aromatic nitrogens is 4. The summed E-state index contributed by atoms with van der Waals surface area (Å²) in [6.45, 7) is 0. The molecule has 2 aromatic heterocycles. The van der Waals surface area contributed by atoms with Gasteiger partial charge in [0.05, 0.1) is 12.5 Å². The van der Waals surface area contributed by atoms with E-state index >= 15 is 0 Å². The van der Waals surface area contributed by atoms with Crippen molar-refractivity contribution in [2.75, 3.05) is 6.26 Å². The zero-order valence-electron chi connectivity index (χ0n) is 6.72. The number of nitrogens with zero attached hydrogens (tertiary/aromatic N) is 3. The first-order valence-electron chi connectivity index (χ1n) is 3.43. The van der Waals surface area contributed by atoms with Crippen molar-refractivity contribution in [3.63, 3.8) is 0 Å². The Morgan fingerprint density at radius 2 is 2.31 bits per heavy atom. The van der Waals surface area contributed by atoms with Gasteiger partial charge in [-0.15, -0.1) is 0 Å². The Bertz CT molecular complexity index is 401. The predicted molar refractivity (Wildman–Crippen MR) is 58.6 cm³/mol. The predicted octanol–water partition coefficient (Wildman–Crippen LogP) is 2.37. The first kappa shape index (κ1) is 9.17. The number of nitrogens with one attached hydrogen (secondary N) is 1. The van der Waals surface area contributed by atoms with Crippen LogP contribution in [0.3, 0.4) is 0 Å². The average molecular weight is 230 g/mol. The van der Waals surface area contributed by atoms with E-state index in [-0.39, 0.29) is 0 Å². The van der Waals surface area contributed by atoms with E-state index in [4.69, 9.17) is 0 Å². The minimum absolute atomic E-state index is 0.721. The molecule has 0 unspecified atom stereocenters. The lowest BCUT2D eigenvalue weighted by molar-refractivity contribution is 1.00. The van der Waals surface area contributed by atoms with Crippen LogP contribution in [0.15, 0.2) is 17.7 Å². The summed E-state index contributed by atoms with van der Waals surface area (Å²) >= 11 is 0. The molecule has 0 aliphatic rings. The molecule has 0 saturated carbocycles. The van der Waals surface area contributed by atoms with Crippen LogP contribution >= 0.6 is 31.4 Å². The maximum atomic E-state index is 4.25. The molecule has 0 aliphatic carbocycles. The van der Waals surface area contributed by atoms with Crippen LogP contribution in [0.2, 0.25) is 0 Å². The topological polar surface area (TPSA) is 54.5 Å². The molecule has 1 N–H and O–H groups in total. The second kappa shape index (κ2) is 4.21. The molecule has 2 aromatic rings. The summed E-state index contributed by atoms with van der Waals surface area (Å²) in [5, 5.41) is 0.749. The number of rotatable bonds is 3. The lowest BCUT2D eigenvalue weighted by Crippen LogP contribution is -1.84. The van der Waals surface area contributed by atoms with Crippen LogP contribution in [-0.2, 0) is 0 Å². The number of fused-ring (bicyclic) bond motifs is 1. The Morgan fingerprint density at radius 1 is 1.38 bits per heavy atom. The van der Waals surface area contributed by atoms with Crippen LogP contribution in [0.5, 0.6) is 0 Å². The fraction of sp³-hybridized carbons (Fsp3) is 0.167. The molecule has 0 radical (unpaired) electrons. The summed E-state index contributed by atoms with van der Waals surface area (Å²) in [6.07, 6.45) is 5.39. The summed E-state index contributed by atoms with van der Waals surface area (Å²) in [6, 6.07) is 0. The van der Waals surface area contributed by atoms with Crippen LogP contribution in [0.25, 0.3) is 11.2 Å². The summed E-state index contributed by atoms with van der Waals surface area (Å²) in [4.78, 5) is 15.4. The van der Waals surface area contributed by atoms with Crippen LogP contribution in [-0.4, -0.2) is 26.2 Å². The van der Waals surface area contributed by atoms with Crippen LogP contribution in [0.4, 0.5) is 0 Å². The fourth-order valence-corrected chi connectivity index (χ4v) is 2.96. The van der Waals surface area contributed by atoms with Gasteiger partial charge in [0, 0.05) is 0 Å².